The number of hydrogen-bond donors (Lipinski definition) is 1. The van der Waals surface area contributed by atoms with Gasteiger partial charge in [-0.05, 0) is 36.0 Å². The van der Waals surface area contributed by atoms with E-state index in [4.69, 9.17) is 4.74 Å². The third-order valence-corrected chi connectivity index (χ3v) is 3.24. The van der Waals surface area contributed by atoms with E-state index in [1.807, 2.05) is 6.20 Å². The Balaban J connectivity index is 1.84. The largest absolute Gasteiger partial charge is 0.385 e. The maximum Gasteiger partial charge on any atom is 0.0809 e. The summed E-state index contributed by atoms with van der Waals surface area (Å²) in [6, 6.07) is 4.26. The van der Waals surface area contributed by atoms with Crippen LogP contribution < -0.4 is 5.32 Å². The molecule has 0 amide bonds. The van der Waals surface area contributed by atoms with Gasteiger partial charge in [0.2, 0.25) is 0 Å². The van der Waals surface area contributed by atoms with Crippen molar-refractivity contribution in [1.82, 2.24) is 10.3 Å². The Morgan fingerprint density at radius 1 is 1.50 bits per heavy atom. The molecule has 0 bridgehead atoms. The average Bonchev–Trinajstić information content (AvgIpc) is 2.76. The van der Waals surface area contributed by atoms with Gasteiger partial charge in [0.15, 0.2) is 0 Å². The Kier molecular flexibility index (Phi) is 4.27. The molecule has 0 fully saturated rings. The van der Waals surface area contributed by atoms with Gasteiger partial charge in [0.1, 0.15) is 0 Å². The number of hydrogen-bond acceptors (Lipinski definition) is 4. The summed E-state index contributed by atoms with van der Waals surface area (Å²) in [4.78, 5) is 4.40. The highest BCUT2D eigenvalue weighted by atomic mass is 32.1. The van der Waals surface area contributed by atoms with Crippen LogP contribution in [0.25, 0.3) is 10.2 Å². The highest BCUT2D eigenvalue weighted by Gasteiger charge is 1.98. The topological polar surface area (TPSA) is 34.1 Å². The molecule has 0 atom stereocenters. The highest BCUT2D eigenvalue weighted by Crippen LogP contribution is 2.19. The van der Waals surface area contributed by atoms with Crippen LogP contribution in [0.3, 0.4) is 0 Å². The summed E-state index contributed by atoms with van der Waals surface area (Å²) in [5, 5.41) is 5.45. The number of ether oxygens (including phenoxy) is 1. The smallest absolute Gasteiger partial charge is 0.0809 e. The number of pyridine rings is 1. The summed E-state index contributed by atoms with van der Waals surface area (Å²) in [6.45, 7) is 2.68. The second-order valence-electron chi connectivity index (χ2n) is 3.67. The molecule has 0 saturated carbocycles. The van der Waals surface area contributed by atoms with E-state index in [-0.39, 0.29) is 0 Å². The van der Waals surface area contributed by atoms with E-state index in [9.17, 15) is 0 Å². The molecule has 2 aromatic rings. The number of nitrogens with zero attached hydrogens (tertiary/aromatic N) is 1. The van der Waals surface area contributed by atoms with E-state index in [1.165, 1.54) is 10.3 Å². The van der Waals surface area contributed by atoms with E-state index in [1.54, 1.807) is 18.4 Å². The normalized spacial score (nSPS) is 11.1. The molecular weight excluding hydrogens is 220 g/mol. The van der Waals surface area contributed by atoms with E-state index < -0.39 is 0 Å². The number of aromatic nitrogens is 1. The lowest BCUT2D eigenvalue weighted by Gasteiger charge is -2.04. The van der Waals surface area contributed by atoms with Crippen molar-refractivity contribution in [2.45, 2.75) is 13.0 Å². The molecule has 16 heavy (non-hydrogen) atoms. The monoisotopic (exact) mass is 236 g/mol. The zero-order chi connectivity index (χ0) is 11.2. The van der Waals surface area contributed by atoms with Crippen molar-refractivity contribution in [3.8, 4) is 0 Å². The van der Waals surface area contributed by atoms with Gasteiger partial charge in [-0.15, -0.1) is 11.3 Å². The number of nitrogens with one attached hydrogen (secondary N) is 1. The minimum Gasteiger partial charge on any atom is -0.385 e. The fourth-order valence-corrected chi connectivity index (χ4v) is 2.36. The molecule has 0 aliphatic rings. The van der Waals surface area contributed by atoms with Gasteiger partial charge in [0.25, 0.3) is 0 Å². The summed E-state index contributed by atoms with van der Waals surface area (Å²) in [7, 11) is 1.73. The average molecular weight is 236 g/mol. The first kappa shape index (κ1) is 11.5. The molecule has 4 heteroatoms. The SMILES string of the molecule is COCCCNCc1cnc2ccsc2c1. The maximum absolute atomic E-state index is 4.99. The first-order valence-electron chi connectivity index (χ1n) is 5.42. The Labute approximate surface area is 99.5 Å². The number of thiophene rings is 1. The number of methoxy groups -OCH3 is 1. The minimum absolute atomic E-state index is 0.815. The van der Waals surface area contributed by atoms with Gasteiger partial charge in [0.05, 0.1) is 10.2 Å². The highest BCUT2D eigenvalue weighted by molar-refractivity contribution is 7.17. The molecule has 86 valence electrons. The summed E-state index contributed by atoms with van der Waals surface area (Å²) in [5.74, 6) is 0. The lowest BCUT2D eigenvalue weighted by Crippen LogP contribution is -2.16. The number of rotatable bonds is 6. The molecule has 1 N–H and O–H groups in total. The van der Waals surface area contributed by atoms with Crippen LogP contribution in [0, 0.1) is 0 Å². The third kappa shape index (κ3) is 3.01. The third-order valence-electron chi connectivity index (χ3n) is 2.39. The zero-order valence-electron chi connectivity index (χ0n) is 9.40. The fraction of sp³-hybridized carbons (Fsp3) is 0.417. The summed E-state index contributed by atoms with van der Waals surface area (Å²) >= 11 is 1.74. The lowest BCUT2D eigenvalue weighted by atomic mass is 10.2. The first-order valence-corrected chi connectivity index (χ1v) is 6.30. The maximum atomic E-state index is 4.99. The Bertz CT molecular complexity index is 441. The molecule has 2 aromatic heterocycles. The summed E-state index contributed by atoms with van der Waals surface area (Å²) < 4.78 is 6.25. The van der Waals surface area contributed by atoms with Crippen molar-refractivity contribution < 1.29 is 4.74 Å². The van der Waals surface area contributed by atoms with Crippen molar-refractivity contribution in [3.05, 3.63) is 29.3 Å². The van der Waals surface area contributed by atoms with Crippen molar-refractivity contribution >= 4 is 21.6 Å². The van der Waals surface area contributed by atoms with Gasteiger partial charge in [-0.25, -0.2) is 0 Å². The Morgan fingerprint density at radius 3 is 3.31 bits per heavy atom. The van der Waals surface area contributed by atoms with E-state index in [0.717, 1.165) is 31.6 Å². The minimum atomic E-state index is 0.815. The van der Waals surface area contributed by atoms with Crippen LogP contribution in [0.2, 0.25) is 0 Å². The van der Waals surface area contributed by atoms with Gasteiger partial charge in [0, 0.05) is 26.5 Å². The van der Waals surface area contributed by atoms with E-state index in [2.05, 4.69) is 27.8 Å². The van der Waals surface area contributed by atoms with Gasteiger partial charge in [-0.1, -0.05) is 0 Å². The van der Waals surface area contributed by atoms with E-state index >= 15 is 0 Å². The molecule has 2 heterocycles. The Hall–Kier alpha value is -0.970. The standard InChI is InChI=1S/C12H16N2OS/c1-15-5-2-4-13-8-10-7-12-11(14-9-10)3-6-16-12/h3,6-7,9,13H,2,4-5,8H2,1H3. The fourth-order valence-electron chi connectivity index (χ4n) is 1.56. The summed E-state index contributed by atoms with van der Waals surface area (Å²) in [6.07, 6.45) is 2.99. The molecule has 0 aliphatic heterocycles. The quantitative estimate of drug-likeness (QED) is 0.782. The first-order chi connectivity index (χ1) is 7.90. The van der Waals surface area contributed by atoms with Gasteiger partial charge < -0.3 is 10.1 Å². The van der Waals surface area contributed by atoms with Crippen LogP contribution in [0.1, 0.15) is 12.0 Å². The van der Waals surface area contributed by atoms with Gasteiger partial charge in [-0.2, -0.15) is 0 Å². The summed E-state index contributed by atoms with van der Waals surface area (Å²) in [5.41, 5.74) is 2.33. The molecular formula is C12H16N2OS. The van der Waals surface area contributed by atoms with Gasteiger partial charge in [-0.3, -0.25) is 4.98 Å². The lowest BCUT2D eigenvalue weighted by molar-refractivity contribution is 0.194. The van der Waals surface area contributed by atoms with Crippen molar-refractivity contribution in [2.75, 3.05) is 20.3 Å². The van der Waals surface area contributed by atoms with Crippen molar-refractivity contribution in [1.29, 1.82) is 0 Å². The van der Waals surface area contributed by atoms with Crippen LogP contribution in [-0.4, -0.2) is 25.2 Å². The molecule has 0 aliphatic carbocycles. The van der Waals surface area contributed by atoms with Crippen molar-refractivity contribution in [3.63, 3.8) is 0 Å². The molecule has 2 rings (SSSR count). The molecule has 3 nitrogen and oxygen atoms in total. The molecule has 0 saturated heterocycles. The van der Waals surface area contributed by atoms with Crippen LogP contribution in [0.15, 0.2) is 23.7 Å². The Morgan fingerprint density at radius 2 is 2.44 bits per heavy atom. The van der Waals surface area contributed by atoms with E-state index in [0.29, 0.717) is 0 Å². The van der Waals surface area contributed by atoms with Crippen molar-refractivity contribution in [2.24, 2.45) is 0 Å². The van der Waals surface area contributed by atoms with Gasteiger partial charge >= 0.3 is 0 Å². The number of fused-ring (bicyclic) bond motifs is 1. The second kappa shape index (κ2) is 5.94. The molecule has 0 aromatic carbocycles. The predicted octanol–water partition coefficient (Wildman–Crippen LogP) is 2.42. The van der Waals surface area contributed by atoms with Crippen LogP contribution in [-0.2, 0) is 11.3 Å². The second-order valence-corrected chi connectivity index (χ2v) is 4.62. The van der Waals surface area contributed by atoms with Crippen LogP contribution in [0.5, 0.6) is 0 Å². The zero-order valence-corrected chi connectivity index (χ0v) is 10.2. The molecule has 0 spiro atoms. The molecule has 0 radical (unpaired) electrons. The van der Waals surface area contributed by atoms with Crippen LogP contribution >= 0.6 is 11.3 Å². The molecule has 0 unspecified atom stereocenters. The van der Waals surface area contributed by atoms with Crippen LogP contribution in [0.4, 0.5) is 0 Å². The predicted molar refractivity (Wildman–Crippen MR) is 67.8 cm³/mol.